The smallest absolute Gasteiger partial charge is 0.261 e. The minimum Gasteiger partial charge on any atom is -0.484 e. The summed E-state index contributed by atoms with van der Waals surface area (Å²) < 4.78 is 24.1. The van der Waals surface area contributed by atoms with Crippen molar-refractivity contribution < 1.29 is 28.2 Å². The van der Waals surface area contributed by atoms with E-state index >= 15 is 0 Å². The summed E-state index contributed by atoms with van der Waals surface area (Å²) in [4.78, 5) is 36.3. The standard InChI is InChI=1S/C22H21Cl2FN2O5/c23-13-3-6-19-15(9-13)18(28)11-20(32-19)22(30)27-8-2-1-7-26-21(29)12-31-14-4-5-16(24)17(25)10-14/h3-6,9-10,20H,1-2,7-8,11-12H2,(H,26,29)(H,27,30). The molecule has 0 aromatic heterocycles. The van der Waals surface area contributed by atoms with Crippen molar-refractivity contribution in [1.29, 1.82) is 0 Å². The average Bonchev–Trinajstić information content (AvgIpc) is 2.77. The number of nitrogens with one attached hydrogen (secondary N) is 2. The predicted octanol–water partition coefficient (Wildman–Crippen LogP) is 3.56. The molecule has 2 aromatic rings. The second-order valence-corrected chi connectivity index (χ2v) is 7.93. The highest BCUT2D eigenvalue weighted by Crippen LogP contribution is 2.30. The van der Waals surface area contributed by atoms with E-state index in [4.69, 9.17) is 32.7 Å². The quantitative estimate of drug-likeness (QED) is 0.533. The van der Waals surface area contributed by atoms with Crippen LogP contribution < -0.4 is 20.1 Å². The zero-order valence-electron chi connectivity index (χ0n) is 17.0. The molecule has 2 aromatic carbocycles. The Balaban J connectivity index is 1.29. The maximum absolute atomic E-state index is 13.3. The van der Waals surface area contributed by atoms with E-state index in [1.165, 1.54) is 18.2 Å². The molecule has 2 N–H and O–H groups in total. The summed E-state index contributed by atoms with van der Waals surface area (Å²) >= 11 is 11.5. The van der Waals surface area contributed by atoms with Gasteiger partial charge < -0.3 is 20.1 Å². The van der Waals surface area contributed by atoms with Crippen LogP contribution in [0.5, 0.6) is 11.5 Å². The minimum absolute atomic E-state index is 0.0229. The van der Waals surface area contributed by atoms with Crippen LogP contribution in [0.25, 0.3) is 0 Å². The van der Waals surface area contributed by atoms with Crippen LogP contribution in [0.2, 0.25) is 10.0 Å². The molecule has 3 rings (SSSR count). The average molecular weight is 483 g/mol. The molecule has 1 aliphatic rings. The van der Waals surface area contributed by atoms with Crippen molar-refractivity contribution in [2.75, 3.05) is 19.7 Å². The second-order valence-electron chi connectivity index (χ2n) is 7.09. The van der Waals surface area contributed by atoms with Crippen LogP contribution in [0.4, 0.5) is 4.39 Å². The highest BCUT2D eigenvalue weighted by Gasteiger charge is 2.31. The van der Waals surface area contributed by atoms with Crippen molar-refractivity contribution in [3.8, 4) is 11.5 Å². The van der Waals surface area contributed by atoms with E-state index in [-0.39, 0.29) is 41.4 Å². The van der Waals surface area contributed by atoms with Crippen molar-refractivity contribution in [1.82, 2.24) is 10.6 Å². The third kappa shape index (κ3) is 6.58. The molecular formula is C22H21Cl2FN2O5. The normalized spacial score (nSPS) is 14.8. The zero-order valence-corrected chi connectivity index (χ0v) is 18.5. The van der Waals surface area contributed by atoms with E-state index in [1.807, 2.05) is 0 Å². The monoisotopic (exact) mass is 482 g/mol. The van der Waals surface area contributed by atoms with E-state index in [0.29, 0.717) is 42.3 Å². The van der Waals surface area contributed by atoms with Crippen LogP contribution >= 0.6 is 23.2 Å². The van der Waals surface area contributed by atoms with Crippen molar-refractivity contribution in [2.24, 2.45) is 0 Å². The van der Waals surface area contributed by atoms with Gasteiger partial charge in [-0.2, -0.15) is 0 Å². The van der Waals surface area contributed by atoms with Gasteiger partial charge >= 0.3 is 0 Å². The first-order valence-electron chi connectivity index (χ1n) is 9.95. The van der Waals surface area contributed by atoms with Gasteiger partial charge in [0.2, 0.25) is 0 Å². The first-order chi connectivity index (χ1) is 15.3. The summed E-state index contributed by atoms with van der Waals surface area (Å²) in [5, 5.41) is 5.82. The summed E-state index contributed by atoms with van der Waals surface area (Å²) in [5.74, 6) is -0.983. The van der Waals surface area contributed by atoms with E-state index in [1.54, 1.807) is 12.1 Å². The SMILES string of the molecule is O=C(COc1ccc(Cl)c(F)c1)NCCCCNC(=O)C1CC(=O)c2cc(Cl)ccc2O1. The Morgan fingerprint density at radius 1 is 1.09 bits per heavy atom. The van der Waals surface area contributed by atoms with Gasteiger partial charge in [0.05, 0.1) is 17.0 Å². The van der Waals surface area contributed by atoms with Crippen LogP contribution in [0.15, 0.2) is 36.4 Å². The molecule has 1 aliphatic heterocycles. The van der Waals surface area contributed by atoms with Gasteiger partial charge in [0.1, 0.15) is 17.3 Å². The summed E-state index contributed by atoms with van der Waals surface area (Å²) in [6, 6.07) is 8.63. The lowest BCUT2D eigenvalue weighted by atomic mass is 10.0. The third-order valence-electron chi connectivity index (χ3n) is 4.66. The number of rotatable bonds is 9. The Labute approximate surface area is 194 Å². The van der Waals surface area contributed by atoms with Gasteiger partial charge in [0, 0.05) is 24.2 Å². The molecule has 0 saturated heterocycles. The van der Waals surface area contributed by atoms with Gasteiger partial charge in [-0.1, -0.05) is 23.2 Å². The molecule has 1 atom stereocenters. The van der Waals surface area contributed by atoms with Gasteiger partial charge in [0.25, 0.3) is 11.8 Å². The summed E-state index contributed by atoms with van der Waals surface area (Å²) in [7, 11) is 0. The van der Waals surface area contributed by atoms with E-state index < -0.39 is 11.9 Å². The number of ether oxygens (including phenoxy) is 2. The van der Waals surface area contributed by atoms with Crippen LogP contribution in [0.1, 0.15) is 29.6 Å². The maximum Gasteiger partial charge on any atom is 0.261 e. The lowest BCUT2D eigenvalue weighted by Gasteiger charge is -2.24. The number of halogens is 3. The number of benzene rings is 2. The Kier molecular flexibility index (Phi) is 8.30. The fraction of sp³-hybridized carbons (Fsp3) is 0.318. The number of carbonyl (C=O) groups excluding carboxylic acids is 3. The molecule has 0 bridgehead atoms. The molecule has 1 heterocycles. The molecule has 7 nitrogen and oxygen atoms in total. The molecule has 0 radical (unpaired) electrons. The van der Waals surface area contributed by atoms with E-state index in [0.717, 1.165) is 6.07 Å². The fourth-order valence-corrected chi connectivity index (χ4v) is 3.30. The lowest BCUT2D eigenvalue weighted by molar-refractivity contribution is -0.128. The van der Waals surface area contributed by atoms with Crippen molar-refractivity contribution in [3.63, 3.8) is 0 Å². The van der Waals surface area contributed by atoms with Gasteiger partial charge in [-0.3, -0.25) is 14.4 Å². The number of amides is 2. The highest BCUT2D eigenvalue weighted by molar-refractivity contribution is 6.31. The number of hydrogen-bond acceptors (Lipinski definition) is 5. The Bertz CT molecular complexity index is 1020. The molecule has 0 saturated carbocycles. The number of carbonyl (C=O) groups is 3. The van der Waals surface area contributed by atoms with Crippen molar-refractivity contribution in [3.05, 3.63) is 57.8 Å². The number of Topliss-reactive ketones (excluding diaryl/α,β-unsaturated/α-hetero) is 1. The van der Waals surface area contributed by atoms with Crippen LogP contribution in [0, 0.1) is 5.82 Å². The maximum atomic E-state index is 13.3. The Hall–Kier alpha value is -2.84. The van der Waals surface area contributed by atoms with Crippen LogP contribution in [0.3, 0.4) is 0 Å². The largest absolute Gasteiger partial charge is 0.484 e. The van der Waals surface area contributed by atoms with Crippen LogP contribution in [-0.2, 0) is 9.59 Å². The molecule has 32 heavy (non-hydrogen) atoms. The first-order valence-corrected chi connectivity index (χ1v) is 10.7. The van der Waals surface area contributed by atoms with Gasteiger partial charge in [-0.05, 0) is 43.2 Å². The van der Waals surface area contributed by atoms with Crippen molar-refractivity contribution in [2.45, 2.75) is 25.4 Å². The zero-order chi connectivity index (χ0) is 23.1. The number of hydrogen-bond donors (Lipinski definition) is 2. The van der Waals surface area contributed by atoms with Gasteiger partial charge in [0.15, 0.2) is 18.5 Å². The topological polar surface area (TPSA) is 93.7 Å². The number of ketones is 1. The van der Waals surface area contributed by atoms with Crippen LogP contribution in [-0.4, -0.2) is 43.4 Å². The lowest BCUT2D eigenvalue weighted by Crippen LogP contribution is -2.42. The molecular weight excluding hydrogens is 462 g/mol. The van der Waals surface area contributed by atoms with E-state index in [9.17, 15) is 18.8 Å². The minimum atomic E-state index is -0.884. The Morgan fingerprint density at radius 3 is 2.59 bits per heavy atom. The highest BCUT2D eigenvalue weighted by atomic mass is 35.5. The summed E-state index contributed by atoms with van der Waals surface area (Å²) in [6.45, 7) is 0.508. The molecule has 10 heteroatoms. The first kappa shape index (κ1) is 23.8. The van der Waals surface area contributed by atoms with E-state index in [2.05, 4.69) is 10.6 Å². The number of fused-ring (bicyclic) bond motifs is 1. The molecule has 0 aliphatic carbocycles. The third-order valence-corrected chi connectivity index (χ3v) is 5.20. The fourth-order valence-electron chi connectivity index (χ4n) is 3.01. The summed E-state index contributed by atoms with van der Waals surface area (Å²) in [6.07, 6.45) is 0.299. The van der Waals surface area contributed by atoms with Gasteiger partial charge in [-0.25, -0.2) is 4.39 Å². The van der Waals surface area contributed by atoms with Crippen molar-refractivity contribution >= 4 is 40.8 Å². The Morgan fingerprint density at radius 2 is 1.84 bits per heavy atom. The second kappa shape index (κ2) is 11.2. The predicted molar refractivity (Wildman–Crippen MR) is 117 cm³/mol. The molecule has 0 spiro atoms. The summed E-state index contributed by atoms with van der Waals surface area (Å²) in [5.41, 5.74) is 0.377. The number of unbranched alkanes of at least 4 members (excludes halogenated alkanes) is 1. The molecule has 170 valence electrons. The van der Waals surface area contributed by atoms with Gasteiger partial charge in [-0.15, -0.1) is 0 Å². The molecule has 2 amide bonds. The molecule has 0 fully saturated rings. The molecule has 1 unspecified atom stereocenters.